The monoisotopic (exact) mass is 408 g/mol. The van der Waals surface area contributed by atoms with Crippen LogP contribution in [0.4, 0.5) is 5.69 Å². The van der Waals surface area contributed by atoms with Crippen molar-refractivity contribution >= 4 is 37.5 Å². The lowest BCUT2D eigenvalue weighted by molar-refractivity contribution is -0.116. The van der Waals surface area contributed by atoms with Crippen molar-refractivity contribution in [3.63, 3.8) is 0 Å². The van der Waals surface area contributed by atoms with Crippen LogP contribution in [0.2, 0.25) is 0 Å². The van der Waals surface area contributed by atoms with Crippen molar-refractivity contribution in [2.75, 3.05) is 12.4 Å². The summed E-state index contributed by atoms with van der Waals surface area (Å²) in [6, 6.07) is 12.4. The van der Waals surface area contributed by atoms with E-state index in [1.54, 1.807) is 19.2 Å². The largest absolute Gasteiger partial charge is 0.326 e. The molecule has 0 fully saturated rings. The van der Waals surface area contributed by atoms with E-state index in [0.717, 1.165) is 15.6 Å². The predicted molar refractivity (Wildman–Crippen MR) is 96.2 cm³/mol. The molecule has 1 N–H and O–H groups in total. The molecule has 7 heteroatoms. The molecule has 3 rings (SSSR count). The van der Waals surface area contributed by atoms with E-state index in [1.165, 1.54) is 10.4 Å². The van der Waals surface area contributed by atoms with Gasteiger partial charge in [0.25, 0.3) is 0 Å². The van der Waals surface area contributed by atoms with Crippen molar-refractivity contribution in [1.29, 1.82) is 0 Å². The molecule has 0 unspecified atom stereocenters. The van der Waals surface area contributed by atoms with Crippen LogP contribution in [0.3, 0.4) is 0 Å². The van der Waals surface area contributed by atoms with Crippen LogP contribution < -0.4 is 5.32 Å². The van der Waals surface area contributed by atoms with Gasteiger partial charge in [0.1, 0.15) is 0 Å². The summed E-state index contributed by atoms with van der Waals surface area (Å²) in [6.45, 7) is 0.275. The molecule has 0 saturated carbocycles. The SMILES string of the molecule is CN(Cc1ccccc1Br)S(=O)(=O)c1ccc2c(c1)CCC(=O)N2. The van der Waals surface area contributed by atoms with Crippen LogP contribution in [0.25, 0.3) is 0 Å². The number of amides is 1. The molecular formula is C17H17BrN2O3S. The molecule has 1 aliphatic heterocycles. The van der Waals surface area contributed by atoms with Crippen molar-refractivity contribution in [2.45, 2.75) is 24.3 Å². The van der Waals surface area contributed by atoms with E-state index in [9.17, 15) is 13.2 Å². The molecule has 1 amide bonds. The molecule has 5 nitrogen and oxygen atoms in total. The van der Waals surface area contributed by atoms with Gasteiger partial charge in [0.05, 0.1) is 4.90 Å². The summed E-state index contributed by atoms with van der Waals surface area (Å²) in [7, 11) is -2.04. The fraction of sp³-hybridized carbons (Fsp3) is 0.235. The topological polar surface area (TPSA) is 66.5 Å². The van der Waals surface area contributed by atoms with Gasteiger partial charge in [-0.1, -0.05) is 34.1 Å². The lowest BCUT2D eigenvalue weighted by atomic mass is 10.0. The zero-order chi connectivity index (χ0) is 17.3. The van der Waals surface area contributed by atoms with E-state index in [-0.39, 0.29) is 17.3 Å². The molecule has 0 aromatic heterocycles. The second-order valence-corrected chi connectivity index (χ2v) is 8.62. The minimum atomic E-state index is -3.60. The predicted octanol–water partition coefficient (Wildman–Crippen LogP) is 3.15. The van der Waals surface area contributed by atoms with E-state index in [1.807, 2.05) is 24.3 Å². The third-order valence-electron chi connectivity index (χ3n) is 4.03. The van der Waals surface area contributed by atoms with Gasteiger partial charge < -0.3 is 5.32 Å². The van der Waals surface area contributed by atoms with Gasteiger partial charge in [-0.3, -0.25) is 4.79 Å². The first-order valence-electron chi connectivity index (χ1n) is 7.50. The Hall–Kier alpha value is -1.70. The maximum atomic E-state index is 12.8. The number of nitrogens with zero attached hydrogens (tertiary/aromatic N) is 1. The summed E-state index contributed by atoms with van der Waals surface area (Å²) in [4.78, 5) is 11.7. The minimum Gasteiger partial charge on any atom is -0.326 e. The first-order valence-corrected chi connectivity index (χ1v) is 9.74. The average Bonchev–Trinajstić information content (AvgIpc) is 2.56. The van der Waals surface area contributed by atoms with Crippen LogP contribution >= 0.6 is 15.9 Å². The zero-order valence-electron chi connectivity index (χ0n) is 13.1. The standard InChI is InChI=1S/C17H17BrN2O3S/c1-20(11-13-4-2-3-5-15(13)18)24(22,23)14-7-8-16-12(10-14)6-9-17(21)19-16/h2-5,7-8,10H,6,9,11H2,1H3,(H,19,21). The van der Waals surface area contributed by atoms with Gasteiger partial charge in [-0.25, -0.2) is 8.42 Å². The fourth-order valence-corrected chi connectivity index (χ4v) is 4.26. The maximum absolute atomic E-state index is 12.8. The molecule has 24 heavy (non-hydrogen) atoms. The molecular weight excluding hydrogens is 392 g/mol. The van der Waals surface area contributed by atoms with Gasteiger partial charge in [-0.05, 0) is 41.8 Å². The number of aryl methyl sites for hydroxylation is 1. The first-order chi connectivity index (χ1) is 11.4. The highest BCUT2D eigenvalue weighted by Gasteiger charge is 2.24. The fourth-order valence-electron chi connectivity index (χ4n) is 2.65. The van der Waals surface area contributed by atoms with E-state index in [0.29, 0.717) is 18.5 Å². The third kappa shape index (κ3) is 3.38. The average molecular weight is 409 g/mol. The lowest BCUT2D eigenvalue weighted by Gasteiger charge is -2.21. The van der Waals surface area contributed by atoms with Gasteiger partial charge >= 0.3 is 0 Å². The molecule has 2 aromatic carbocycles. The number of carbonyl (C=O) groups excluding carboxylic acids is 1. The highest BCUT2D eigenvalue weighted by molar-refractivity contribution is 9.10. The Labute approximate surface area is 149 Å². The lowest BCUT2D eigenvalue weighted by Crippen LogP contribution is -2.27. The van der Waals surface area contributed by atoms with Crippen molar-refractivity contribution in [1.82, 2.24) is 4.31 Å². The summed E-state index contributed by atoms with van der Waals surface area (Å²) in [6.07, 6.45) is 0.932. The molecule has 0 saturated heterocycles. The van der Waals surface area contributed by atoms with Crippen LogP contribution in [0.15, 0.2) is 51.8 Å². The van der Waals surface area contributed by atoms with Gasteiger partial charge in [-0.2, -0.15) is 4.31 Å². The number of benzene rings is 2. The molecule has 2 aromatic rings. The Kier molecular flexibility index (Phi) is 4.76. The second kappa shape index (κ2) is 6.66. The maximum Gasteiger partial charge on any atom is 0.243 e. The summed E-state index contributed by atoms with van der Waals surface area (Å²) >= 11 is 3.44. The van der Waals surface area contributed by atoms with Gasteiger partial charge in [-0.15, -0.1) is 0 Å². The van der Waals surface area contributed by atoms with E-state index in [2.05, 4.69) is 21.2 Å². The summed E-state index contributed by atoms with van der Waals surface area (Å²) in [5, 5.41) is 2.76. The van der Waals surface area contributed by atoms with Crippen LogP contribution in [0.5, 0.6) is 0 Å². The van der Waals surface area contributed by atoms with E-state index < -0.39 is 10.0 Å². The third-order valence-corrected chi connectivity index (χ3v) is 6.60. The number of fused-ring (bicyclic) bond motifs is 1. The van der Waals surface area contributed by atoms with Gasteiger partial charge in [0, 0.05) is 30.2 Å². The Bertz CT molecular complexity index is 896. The number of rotatable bonds is 4. The van der Waals surface area contributed by atoms with E-state index in [4.69, 9.17) is 0 Å². The normalized spacial score (nSPS) is 14.4. The van der Waals surface area contributed by atoms with Crippen LogP contribution in [0, 0.1) is 0 Å². The second-order valence-electron chi connectivity index (χ2n) is 5.72. The number of nitrogens with one attached hydrogen (secondary N) is 1. The highest BCUT2D eigenvalue weighted by Crippen LogP contribution is 2.27. The van der Waals surface area contributed by atoms with Gasteiger partial charge in [0.2, 0.25) is 15.9 Å². The number of sulfonamides is 1. The van der Waals surface area contributed by atoms with E-state index >= 15 is 0 Å². The Balaban J connectivity index is 1.87. The number of anilines is 1. The number of hydrogen-bond acceptors (Lipinski definition) is 3. The molecule has 0 radical (unpaired) electrons. The van der Waals surface area contributed by atoms with Crippen LogP contribution in [-0.2, 0) is 27.8 Å². The molecule has 126 valence electrons. The Morgan fingerprint density at radius 2 is 1.92 bits per heavy atom. The molecule has 0 aliphatic carbocycles. The first kappa shape index (κ1) is 17.1. The van der Waals surface area contributed by atoms with Crippen LogP contribution in [0.1, 0.15) is 17.5 Å². The summed E-state index contributed by atoms with van der Waals surface area (Å²) < 4.78 is 27.8. The molecule has 0 atom stereocenters. The highest BCUT2D eigenvalue weighted by atomic mass is 79.9. The molecule has 1 heterocycles. The van der Waals surface area contributed by atoms with Gasteiger partial charge in [0.15, 0.2) is 0 Å². The Morgan fingerprint density at radius 3 is 2.67 bits per heavy atom. The number of hydrogen-bond donors (Lipinski definition) is 1. The Morgan fingerprint density at radius 1 is 1.17 bits per heavy atom. The summed E-state index contributed by atoms with van der Waals surface area (Å²) in [5.41, 5.74) is 2.44. The number of carbonyl (C=O) groups is 1. The smallest absolute Gasteiger partial charge is 0.243 e. The van der Waals surface area contributed by atoms with Crippen molar-refractivity contribution in [2.24, 2.45) is 0 Å². The van der Waals surface area contributed by atoms with Crippen LogP contribution in [-0.4, -0.2) is 25.7 Å². The molecule has 0 spiro atoms. The van der Waals surface area contributed by atoms with Crippen molar-refractivity contribution < 1.29 is 13.2 Å². The molecule has 0 bridgehead atoms. The zero-order valence-corrected chi connectivity index (χ0v) is 15.5. The summed E-state index contributed by atoms with van der Waals surface area (Å²) in [5.74, 6) is -0.0378. The molecule has 1 aliphatic rings. The van der Waals surface area contributed by atoms with Crippen molar-refractivity contribution in [3.8, 4) is 0 Å². The van der Waals surface area contributed by atoms with Crippen molar-refractivity contribution in [3.05, 3.63) is 58.1 Å². The minimum absolute atomic E-state index is 0.0378. The number of halogens is 1. The quantitative estimate of drug-likeness (QED) is 0.844.